The van der Waals surface area contributed by atoms with Crippen LogP contribution in [0.25, 0.3) is 0 Å². The number of carbonyl (C=O) groups excluding carboxylic acids is 3. The molecule has 3 aromatic carbocycles. The molecule has 0 aromatic heterocycles. The van der Waals surface area contributed by atoms with Crippen molar-refractivity contribution in [2.45, 2.75) is 57.8 Å². The predicted molar refractivity (Wildman–Crippen MR) is 160 cm³/mol. The molecule has 0 bridgehead atoms. The first kappa shape index (κ1) is 28.0. The van der Waals surface area contributed by atoms with E-state index in [1.807, 2.05) is 81.4 Å². The van der Waals surface area contributed by atoms with Crippen LogP contribution in [0.1, 0.15) is 50.8 Å². The Kier molecular flexibility index (Phi) is 7.88. The van der Waals surface area contributed by atoms with Gasteiger partial charge in [0.05, 0.1) is 7.11 Å². The van der Waals surface area contributed by atoms with Crippen molar-refractivity contribution in [3.63, 3.8) is 0 Å². The van der Waals surface area contributed by atoms with Crippen molar-refractivity contribution >= 4 is 34.9 Å². The molecular formula is C32H37N5O4. The van der Waals surface area contributed by atoms with Gasteiger partial charge in [0.15, 0.2) is 0 Å². The number of hydrogen-bond acceptors (Lipinski definition) is 5. The fourth-order valence-electron chi connectivity index (χ4n) is 5.54. The van der Waals surface area contributed by atoms with Gasteiger partial charge in [-0.1, -0.05) is 30.3 Å². The number of amides is 4. The van der Waals surface area contributed by atoms with Gasteiger partial charge >= 0.3 is 6.03 Å². The molecule has 214 valence electrons. The Labute approximate surface area is 240 Å². The lowest BCUT2D eigenvalue weighted by Crippen LogP contribution is -2.50. The Balaban J connectivity index is 1.55. The lowest BCUT2D eigenvalue weighted by molar-refractivity contribution is -0.142. The number of fused-ring (bicyclic) bond motifs is 3. The first-order valence-electron chi connectivity index (χ1n) is 13.9. The molecule has 2 aliphatic rings. The highest BCUT2D eigenvalue weighted by atomic mass is 16.5. The molecule has 9 heteroatoms. The summed E-state index contributed by atoms with van der Waals surface area (Å²) >= 11 is 0. The van der Waals surface area contributed by atoms with E-state index in [9.17, 15) is 14.4 Å². The van der Waals surface area contributed by atoms with Gasteiger partial charge in [-0.15, -0.1) is 0 Å². The van der Waals surface area contributed by atoms with Crippen LogP contribution in [0.5, 0.6) is 5.75 Å². The molecule has 2 heterocycles. The maximum absolute atomic E-state index is 14.2. The van der Waals surface area contributed by atoms with Gasteiger partial charge in [0.25, 0.3) is 0 Å². The zero-order chi connectivity index (χ0) is 29.1. The minimum absolute atomic E-state index is 0.0834. The van der Waals surface area contributed by atoms with Crippen molar-refractivity contribution in [1.82, 2.24) is 10.2 Å². The molecule has 0 saturated carbocycles. The van der Waals surface area contributed by atoms with E-state index in [2.05, 4.69) is 20.9 Å². The highest BCUT2D eigenvalue weighted by Gasteiger charge is 2.45. The number of carbonyl (C=O) groups is 3. The molecule has 1 saturated heterocycles. The summed E-state index contributed by atoms with van der Waals surface area (Å²) < 4.78 is 5.31. The van der Waals surface area contributed by atoms with Crippen LogP contribution in [0, 0.1) is 0 Å². The summed E-state index contributed by atoms with van der Waals surface area (Å²) in [6.07, 6.45) is 1.59. The standard InChI is InChI=1S/C32H37N5O4/c1-32(2,3)35-29(38)28-25-19-23(34-31(40)33-22-9-6-5-7-10-22)14-17-26(25)36-18-8-11-27(36)30(39)37(28)20-21-12-15-24(41-4)16-13-21/h5-7,9-10,12-17,19,27-28H,8,11,18,20H2,1-4H3,(H,35,38)(H2,33,34,40)/t27-,28-/m0/s1. The number of urea groups is 1. The number of nitrogens with zero attached hydrogens (tertiary/aromatic N) is 2. The van der Waals surface area contributed by atoms with Crippen LogP contribution in [0.15, 0.2) is 72.8 Å². The van der Waals surface area contributed by atoms with Crippen molar-refractivity contribution in [1.29, 1.82) is 0 Å². The van der Waals surface area contributed by atoms with Gasteiger partial charge in [-0.25, -0.2) is 4.79 Å². The number of para-hydroxylation sites is 1. The van der Waals surface area contributed by atoms with Gasteiger partial charge in [0.2, 0.25) is 11.8 Å². The predicted octanol–water partition coefficient (Wildman–Crippen LogP) is 5.31. The third kappa shape index (κ3) is 6.29. The Hall–Kier alpha value is -4.53. The van der Waals surface area contributed by atoms with Crippen LogP contribution < -0.4 is 25.6 Å². The molecule has 2 aliphatic heterocycles. The van der Waals surface area contributed by atoms with E-state index in [1.54, 1.807) is 24.1 Å². The maximum Gasteiger partial charge on any atom is 0.323 e. The molecule has 41 heavy (non-hydrogen) atoms. The monoisotopic (exact) mass is 555 g/mol. The molecule has 0 unspecified atom stereocenters. The molecule has 3 N–H and O–H groups in total. The number of benzene rings is 3. The van der Waals surface area contributed by atoms with Gasteiger partial charge in [-0.3, -0.25) is 9.59 Å². The smallest absolute Gasteiger partial charge is 0.323 e. The molecule has 2 atom stereocenters. The zero-order valence-electron chi connectivity index (χ0n) is 23.9. The number of rotatable bonds is 6. The fourth-order valence-corrected chi connectivity index (χ4v) is 5.54. The number of ether oxygens (including phenoxy) is 1. The molecule has 5 rings (SSSR count). The highest BCUT2D eigenvalue weighted by Crippen LogP contribution is 2.41. The Bertz CT molecular complexity index is 1420. The zero-order valence-corrected chi connectivity index (χ0v) is 23.9. The van der Waals surface area contributed by atoms with Crippen molar-refractivity contribution < 1.29 is 19.1 Å². The van der Waals surface area contributed by atoms with Crippen molar-refractivity contribution in [2.24, 2.45) is 0 Å². The first-order valence-corrected chi connectivity index (χ1v) is 13.9. The summed E-state index contributed by atoms with van der Waals surface area (Å²) in [4.78, 5) is 44.8. The number of methoxy groups -OCH3 is 1. The van der Waals surface area contributed by atoms with Crippen molar-refractivity contribution in [3.05, 3.63) is 83.9 Å². The number of hydrogen-bond donors (Lipinski definition) is 3. The van der Waals surface area contributed by atoms with Gasteiger partial charge in [-0.05, 0) is 81.6 Å². The van der Waals surface area contributed by atoms with Crippen LogP contribution in [-0.4, -0.2) is 48.0 Å². The van der Waals surface area contributed by atoms with Crippen LogP contribution in [0.2, 0.25) is 0 Å². The van der Waals surface area contributed by atoms with Gasteiger partial charge in [0.1, 0.15) is 17.8 Å². The first-order chi connectivity index (χ1) is 19.6. The topological polar surface area (TPSA) is 103 Å². The Morgan fingerprint density at radius 1 is 0.951 bits per heavy atom. The molecule has 0 radical (unpaired) electrons. The normalized spacial score (nSPS) is 18.2. The minimum atomic E-state index is -0.900. The summed E-state index contributed by atoms with van der Waals surface area (Å²) in [6, 6.07) is 20.6. The summed E-state index contributed by atoms with van der Waals surface area (Å²) in [7, 11) is 1.61. The molecule has 9 nitrogen and oxygen atoms in total. The second-order valence-electron chi connectivity index (χ2n) is 11.5. The summed E-state index contributed by atoms with van der Waals surface area (Å²) in [5, 5.41) is 8.83. The maximum atomic E-state index is 14.2. The third-order valence-electron chi connectivity index (χ3n) is 7.31. The van der Waals surface area contributed by atoms with E-state index in [0.717, 1.165) is 23.4 Å². The second kappa shape index (κ2) is 11.5. The second-order valence-corrected chi connectivity index (χ2v) is 11.5. The van der Waals surface area contributed by atoms with Crippen LogP contribution in [0.3, 0.4) is 0 Å². The van der Waals surface area contributed by atoms with E-state index in [4.69, 9.17) is 4.74 Å². The van der Waals surface area contributed by atoms with Crippen LogP contribution in [0.4, 0.5) is 21.9 Å². The van der Waals surface area contributed by atoms with Gasteiger partial charge < -0.3 is 30.5 Å². The van der Waals surface area contributed by atoms with Crippen molar-refractivity contribution in [2.75, 3.05) is 29.2 Å². The molecule has 0 aliphatic carbocycles. The molecule has 1 fully saturated rings. The lowest BCUT2D eigenvalue weighted by Gasteiger charge is -2.33. The average Bonchev–Trinajstić information content (AvgIpc) is 3.39. The summed E-state index contributed by atoms with van der Waals surface area (Å²) in [6.45, 7) is 6.72. The Morgan fingerprint density at radius 3 is 2.34 bits per heavy atom. The van der Waals surface area contributed by atoms with E-state index in [0.29, 0.717) is 29.9 Å². The van der Waals surface area contributed by atoms with Gasteiger partial charge in [-0.2, -0.15) is 0 Å². The van der Waals surface area contributed by atoms with E-state index in [1.165, 1.54) is 0 Å². The van der Waals surface area contributed by atoms with E-state index < -0.39 is 17.6 Å². The Morgan fingerprint density at radius 2 is 1.66 bits per heavy atom. The van der Waals surface area contributed by atoms with Crippen molar-refractivity contribution in [3.8, 4) is 5.75 Å². The van der Waals surface area contributed by atoms with E-state index >= 15 is 0 Å². The van der Waals surface area contributed by atoms with Crippen LogP contribution >= 0.6 is 0 Å². The summed E-state index contributed by atoms with van der Waals surface area (Å²) in [5.41, 5.74) is 3.08. The average molecular weight is 556 g/mol. The SMILES string of the molecule is COc1ccc(CN2C(=O)[C@@H]3CCCN3c3ccc(NC(=O)Nc4ccccc4)cc3[C@H]2C(=O)NC(C)(C)C)cc1. The lowest BCUT2D eigenvalue weighted by atomic mass is 9.98. The minimum Gasteiger partial charge on any atom is -0.497 e. The molecule has 3 aromatic rings. The molecule has 0 spiro atoms. The molecular weight excluding hydrogens is 518 g/mol. The largest absolute Gasteiger partial charge is 0.497 e. The van der Waals surface area contributed by atoms with Crippen LogP contribution in [-0.2, 0) is 16.1 Å². The highest BCUT2D eigenvalue weighted by molar-refractivity contribution is 6.01. The fraction of sp³-hybridized carbons (Fsp3) is 0.344. The van der Waals surface area contributed by atoms with Gasteiger partial charge in [0, 0.05) is 41.3 Å². The summed E-state index contributed by atoms with van der Waals surface area (Å²) in [5.74, 6) is 0.363. The number of nitrogens with one attached hydrogen (secondary N) is 3. The van der Waals surface area contributed by atoms with E-state index in [-0.39, 0.29) is 24.4 Å². The molecule has 4 amide bonds. The third-order valence-corrected chi connectivity index (χ3v) is 7.31. The quantitative estimate of drug-likeness (QED) is 0.383. The number of anilines is 3.